The van der Waals surface area contributed by atoms with Crippen LogP contribution in [0.2, 0.25) is 5.02 Å². The van der Waals surface area contributed by atoms with Crippen molar-refractivity contribution in [2.45, 2.75) is 19.3 Å². The number of non-ortho nitro benzene ring substituents is 1. The summed E-state index contributed by atoms with van der Waals surface area (Å²) in [6.07, 6.45) is -3.72. The molecule has 1 aromatic heterocycles. The minimum absolute atomic E-state index is 0.0257. The van der Waals surface area contributed by atoms with Gasteiger partial charge in [-0.3, -0.25) is 15.0 Å². The maximum atomic E-state index is 12.8. The molecule has 0 bridgehead atoms. The maximum absolute atomic E-state index is 12.8. The minimum atomic E-state index is -4.50. The number of nitro groups is 1. The zero-order chi connectivity index (χ0) is 22.2. The Bertz CT molecular complexity index is 997. The lowest BCUT2D eigenvalue weighted by atomic mass is 10.1. The molecule has 0 aliphatic carbocycles. The maximum Gasteiger partial charge on any atom is 0.417 e. The van der Waals surface area contributed by atoms with E-state index in [4.69, 9.17) is 21.1 Å². The molecule has 31 heavy (non-hydrogen) atoms. The smallest absolute Gasteiger partial charge is 0.417 e. The Morgan fingerprint density at radius 1 is 1.19 bits per heavy atom. The number of ether oxygens (including phenoxy) is 2. The van der Waals surface area contributed by atoms with Crippen LogP contribution in [0.25, 0.3) is 0 Å². The number of nitro benzene ring substituents is 1. The normalized spacial score (nSPS) is 17.2. The Kier molecular flexibility index (Phi) is 5.91. The van der Waals surface area contributed by atoms with Crippen LogP contribution >= 0.6 is 11.6 Å². The number of pyridine rings is 1. The van der Waals surface area contributed by atoms with Crippen LogP contribution in [0.5, 0.6) is 5.75 Å². The molecule has 1 aromatic carbocycles. The van der Waals surface area contributed by atoms with Gasteiger partial charge in [0.1, 0.15) is 11.6 Å². The number of nitrogens with zero attached hydrogens (tertiary/aromatic N) is 4. The Labute approximate surface area is 180 Å². The van der Waals surface area contributed by atoms with Gasteiger partial charge in [-0.25, -0.2) is 4.98 Å². The number of alkyl halides is 3. The second-order valence-electron chi connectivity index (χ2n) is 7.25. The first kappa shape index (κ1) is 21.6. The van der Waals surface area contributed by atoms with Crippen molar-refractivity contribution in [1.29, 1.82) is 0 Å². The topological polar surface area (TPSA) is 81.0 Å². The van der Waals surface area contributed by atoms with Gasteiger partial charge in [-0.15, -0.1) is 0 Å². The van der Waals surface area contributed by atoms with Crippen molar-refractivity contribution in [1.82, 2.24) is 9.88 Å². The van der Waals surface area contributed by atoms with Crippen LogP contribution in [0.15, 0.2) is 24.4 Å². The molecule has 1 fully saturated rings. The van der Waals surface area contributed by atoms with Crippen molar-refractivity contribution in [3.05, 3.63) is 56.2 Å². The Hall–Kier alpha value is -2.63. The third-order valence-corrected chi connectivity index (χ3v) is 5.48. The zero-order valence-electron chi connectivity index (χ0n) is 16.2. The molecule has 0 unspecified atom stereocenters. The molecule has 0 amide bonds. The van der Waals surface area contributed by atoms with E-state index in [2.05, 4.69) is 9.88 Å². The van der Waals surface area contributed by atoms with E-state index in [1.54, 1.807) is 0 Å². The Morgan fingerprint density at radius 3 is 2.58 bits per heavy atom. The minimum Gasteiger partial charge on any atom is -0.467 e. The average Bonchev–Trinajstić information content (AvgIpc) is 2.73. The summed E-state index contributed by atoms with van der Waals surface area (Å²) in [5.74, 6) is 0.911. The summed E-state index contributed by atoms with van der Waals surface area (Å²) in [6.45, 7) is 2.92. The van der Waals surface area contributed by atoms with Gasteiger partial charge < -0.3 is 14.4 Å². The number of fused-ring (bicyclic) bond motifs is 1. The van der Waals surface area contributed by atoms with Gasteiger partial charge in [0.05, 0.1) is 22.1 Å². The molecular formula is C19H18ClF3N4O4. The molecule has 4 rings (SSSR count). The van der Waals surface area contributed by atoms with E-state index in [0.29, 0.717) is 55.4 Å². The van der Waals surface area contributed by atoms with Gasteiger partial charge in [0.2, 0.25) is 0 Å². The van der Waals surface area contributed by atoms with Gasteiger partial charge in [0.15, 0.2) is 6.79 Å². The third-order valence-electron chi connectivity index (χ3n) is 5.20. The van der Waals surface area contributed by atoms with Crippen LogP contribution in [0.4, 0.5) is 24.7 Å². The van der Waals surface area contributed by atoms with E-state index in [1.807, 2.05) is 4.90 Å². The number of anilines is 1. The standard InChI is InChI=1S/C19H18ClF3N4O4/c20-16-7-14(19(21,22)23)8-24-18(16)26-3-1-25(2-4-26)9-12-5-15(27(28)29)6-13-10-30-11-31-17(12)13/h5-8H,1-4,9-11H2. The lowest BCUT2D eigenvalue weighted by molar-refractivity contribution is -0.385. The van der Waals surface area contributed by atoms with E-state index < -0.39 is 16.7 Å². The fourth-order valence-electron chi connectivity index (χ4n) is 3.68. The van der Waals surface area contributed by atoms with Crippen molar-refractivity contribution < 1.29 is 27.6 Å². The largest absolute Gasteiger partial charge is 0.467 e. The first-order valence-corrected chi connectivity index (χ1v) is 9.81. The predicted octanol–water partition coefficient (Wildman–Crippen LogP) is 3.85. The van der Waals surface area contributed by atoms with Crippen LogP contribution in [0.1, 0.15) is 16.7 Å². The molecule has 166 valence electrons. The fraction of sp³-hybridized carbons (Fsp3) is 0.421. The molecule has 2 aromatic rings. The Morgan fingerprint density at radius 2 is 1.94 bits per heavy atom. The Balaban J connectivity index is 1.46. The van der Waals surface area contributed by atoms with Crippen LogP contribution < -0.4 is 9.64 Å². The van der Waals surface area contributed by atoms with Gasteiger partial charge in [-0.05, 0) is 6.07 Å². The summed E-state index contributed by atoms with van der Waals surface area (Å²) >= 11 is 6.05. The van der Waals surface area contributed by atoms with E-state index >= 15 is 0 Å². The summed E-state index contributed by atoms with van der Waals surface area (Å²) < 4.78 is 49.3. The number of hydrogen-bond acceptors (Lipinski definition) is 7. The molecule has 1 saturated heterocycles. The highest BCUT2D eigenvalue weighted by molar-refractivity contribution is 6.33. The van der Waals surface area contributed by atoms with E-state index in [9.17, 15) is 23.3 Å². The second-order valence-corrected chi connectivity index (χ2v) is 7.66. The molecule has 2 aliphatic rings. The van der Waals surface area contributed by atoms with Crippen molar-refractivity contribution in [2.75, 3.05) is 37.9 Å². The molecule has 0 atom stereocenters. The van der Waals surface area contributed by atoms with E-state index in [-0.39, 0.29) is 24.1 Å². The van der Waals surface area contributed by atoms with Gasteiger partial charge in [-0.1, -0.05) is 11.6 Å². The number of halogens is 4. The van der Waals surface area contributed by atoms with Crippen LogP contribution in [0, 0.1) is 10.1 Å². The van der Waals surface area contributed by atoms with E-state index in [1.165, 1.54) is 12.1 Å². The summed E-state index contributed by atoms with van der Waals surface area (Å²) in [5, 5.41) is 11.2. The molecule has 3 heterocycles. The number of hydrogen-bond donors (Lipinski definition) is 0. The molecule has 12 heteroatoms. The molecular weight excluding hydrogens is 441 g/mol. The lowest BCUT2D eigenvalue weighted by Gasteiger charge is -2.36. The van der Waals surface area contributed by atoms with Crippen molar-refractivity contribution in [3.63, 3.8) is 0 Å². The summed E-state index contributed by atoms with van der Waals surface area (Å²) in [4.78, 5) is 18.6. The summed E-state index contributed by atoms with van der Waals surface area (Å²) in [5.41, 5.74) is 0.419. The first-order chi connectivity index (χ1) is 14.7. The van der Waals surface area contributed by atoms with Gasteiger partial charge >= 0.3 is 6.18 Å². The van der Waals surface area contributed by atoms with Gasteiger partial charge in [0, 0.05) is 62.2 Å². The fourth-order valence-corrected chi connectivity index (χ4v) is 3.97. The quantitative estimate of drug-likeness (QED) is 0.508. The number of rotatable bonds is 4. The second kappa shape index (κ2) is 8.48. The highest BCUT2D eigenvalue weighted by Gasteiger charge is 2.32. The highest BCUT2D eigenvalue weighted by atomic mass is 35.5. The van der Waals surface area contributed by atoms with Crippen molar-refractivity contribution in [2.24, 2.45) is 0 Å². The highest BCUT2D eigenvalue weighted by Crippen LogP contribution is 2.35. The van der Waals surface area contributed by atoms with Gasteiger partial charge in [-0.2, -0.15) is 13.2 Å². The van der Waals surface area contributed by atoms with Crippen LogP contribution in [0.3, 0.4) is 0 Å². The SMILES string of the molecule is O=[N+]([O-])c1cc2c(c(CN3CCN(c4ncc(C(F)(F)F)cc4Cl)CC3)c1)OCOC2. The third kappa shape index (κ3) is 4.68. The molecule has 0 N–H and O–H groups in total. The summed E-state index contributed by atoms with van der Waals surface area (Å²) in [6, 6.07) is 3.84. The lowest BCUT2D eigenvalue weighted by Crippen LogP contribution is -2.46. The molecule has 0 radical (unpaired) electrons. The van der Waals surface area contributed by atoms with E-state index in [0.717, 1.165) is 12.3 Å². The first-order valence-electron chi connectivity index (χ1n) is 9.43. The average molecular weight is 459 g/mol. The number of aromatic nitrogens is 1. The van der Waals surface area contributed by atoms with Crippen LogP contribution in [-0.4, -0.2) is 47.8 Å². The van der Waals surface area contributed by atoms with Crippen molar-refractivity contribution in [3.8, 4) is 5.75 Å². The molecule has 8 nitrogen and oxygen atoms in total. The number of piperazine rings is 1. The monoisotopic (exact) mass is 458 g/mol. The van der Waals surface area contributed by atoms with Crippen LogP contribution in [-0.2, 0) is 24.1 Å². The predicted molar refractivity (Wildman–Crippen MR) is 105 cm³/mol. The zero-order valence-corrected chi connectivity index (χ0v) is 16.9. The summed E-state index contributed by atoms with van der Waals surface area (Å²) in [7, 11) is 0. The molecule has 0 spiro atoms. The molecule has 2 aliphatic heterocycles. The van der Waals surface area contributed by atoms with Gasteiger partial charge in [0.25, 0.3) is 5.69 Å². The number of benzene rings is 1. The van der Waals surface area contributed by atoms with Crippen molar-refractivity contribution >= 4 is 23.1 Å². The molecule has 0 saturated carbocycles.